The minimum absolute atomic E-state index is 0.135. The van der Waals surface area contributed by atoms with Crippen LogP contribution in [0.25, 0.3) is 22.3 Å². The minimum atomic E-state index is -0.500. The molecule has 1 aliphatic rings. The number of hydrogen-bond donors (Lipinski definition) is 3. The number of aromatic nitrogens is 5. The van der Waals surface area contributed by atoms with Crippen LogP contribution in [0.2, 0.25) is 0 Å². The van der Waals surface area contributed by atoms with Crippen LogP contribution in [0.3, 0.4) is 0 Å². The Labute approximate surface area is 245 Å². The number of carbonyl (C=O) groups excluding carboxylic acids is 2. The Morgan fingerprint density at radius 3 is 2.50 bits per heavy atom. The van der Waals surface area contributed by atoms with Crippen molar-refractivity contribution in [2.24, 2.45) is 0 Å². The van der Waals surface area contributed by atoms with Gasteiger partial charge in [-0.15, -0.1) is 0 Å². The molecule has 3 aromatic heterocycles. The number of nitrogens with one attached hydrogen (secondary N) is 3. The van der Waals surface area contributed by atoms with Crippen molar-refractivity contribution in [1.29, 1.82) is 0 Å². The summed E-state index contributed by atoms with van der Waals surface area (Å²) in [7, 11) is 0. The molecule has 0 aliphatic carbocycles. The summed E-state index contributed by atoms with van der Waals surface area (Å²) >= 11 is 0. The van der Waals surface area contributed by atoms with Gasteiger partial charge in [-0.05, 0) is 57.5 Å². The quantitative estimate of drug-likeness (QED) is 0.271. The molecule has 3 N–H and O–H groups in total. The van der Waals surface area contributed by atoms with E-state index in [1.54, 1.807) is 17.0 Å². The summed E-state index contributed by atoms with van der Waals surface area (Å²) in [5, 5.41) is 11.6. The number of benzene rings is 1. The molecule has 4 aromatic rings. The number of nitrogens with zero attached hydrogens (tertiary/aromatic N) is 6. The molecular weight excluding hydrogens is 534 g/mol. The molecule has 4 heterocycles. The number of carbonyl (C=O) groups is 2. The van der Waals surface area contributed by atoms with Crippen LogP contribution < -0.4 is 10.6 Å². The Morgan fingerprint density at radius 2 is 1.79 bits per heavy atom. The lowest BCUT2D eigenvalue weighted by Crippen LogP contribution is -2.51. The van der Waals surface area contributed by atoms with E-state index >= 15 is 0 Å². The van der Waals surface area contributed by atoms with Crippen molar-refractivity contribution in [3.63, 3.8) is 0 Å². The van der Waals surface area contributed by atoms with E-state index in [4.69, 9.17) is 9.72 Å². The van der Waals surface area contributed by atoms with Crippen molar-refractivity contribution in [3.05, 3.63) is 54.5 Å². The zero-order chi connectivity index (χ0) is 29.7. The Hall–Kier alpha value is -4.45. The lowest BCUT2D eigenvalue weighted by atomic mass is 10.2. The van der Waals surface area contributed by atoms with Gasteiger partial charge in [0.1, 0.15) is 11.2 Å². The van der Waals surface area contributed by atoms with Gasteiger partial charge in [0.15, 0.2) is 0 Å². The number of aromatic amines is 1. The molecule has 42 heavy (non-hydrogen) atoms. The van der Waals surface area contributed by atoms with E-state index in [9.17, 15) is 9.59 Å². The van der Waals surface area contributed by atoms with Crippen LogP contribution in [-0.4, -0.2) is 91.4 Å². The first kappa shape index (κ1) is 29.1. The maximum atomic E-state index is 12.7. The summed E-state index contributed by atoms with van der Waals surface area (Å²) in [6.45, 7) is 12.5. The number of H-pyrrole nitrogens is 1. The van der Waals surface area contributed by atoms with Gasteiger partial charge in [0.25, 0.3) is 5.91 Å². The van der Waals surface area contributed by atoms with Crippen molar-refractivity contribution in [2.45, 2.75) is 46.3 Å². The van der Waals surface area contributed by atoms with Gasteiger partial charge in [-0.1, -0.05) is 6.92 Å². The second kappa shape index (κ2) is 12.6. The molecule has 5 rings (SSSR count). The lowest BCUT2D eigenvalue weighted by Gasteiger charge is -2.35. The van der Waals surface area contributed by atoms with E-state index in [2.05, 4.69) is 37.5 Å². The molecular formula is C30H39N9O3. The number of anilines is 2. The van der Waals surface area contributed by atoms with Gasteiger partial charge in [-0.3, -0.25) is 14.4 Å². The molecule has 0 radical (unpaired) electrons. The predicted octanol–water partition coefficient (Wildman–Crippen LogP) is 4.26. The molecule has 1 fully saturated rings. The Kier molecular flexibility index (Phi) is 8.72. The average molecular weight is 574 g/mol. The van der Waals surface area contributed by atoms with E-state index in [0.717, 1.165) is 54.0 Å². The van der Waals surface area contributed by atoms with Gasteiger partial charge in [-0.2, -0.15) is 10.1 Å². The van der Waals surface area contributed by atoms with Gasteiger partial charge >= 0.3 is 6.09 Å². The molecule has 0 unspecified atom stereocenters. The molecule has 0 saturated carbocycles. The molecule has 1 aliphatic heterocycles. The van der Waals surface area contributed by atoms with E-state index in [1.165, 1.54) is 0 Å². The zero-order valence-corrected chi connectivity index (χ0v) is 24.7. The van der Waals surface area contributed by atoms with Gasteiger partial charge in [0.05, 0.1) is 11.9 Å². The third-order valence-corrected chi connectivity index (χ3v) is 6.92. The molecule has 12 heteroatoms. The Bertz CT molecular complexity index is 1510. The first-order valence-electron chi connectivity index (χ1n) is 14.4. The van der Waals surface area contributed by atoms with Crippen LogP contribution in [-0.2, 0) is 11.3 Å². The van der Waals surface area contributed by atoms with Crippen LogP contribution in [0, 0.1) is 0 Å². The van der Waals surface area contributed by atoms with Gasteiger partial charge < -0.3 is 25.3 Å². The highest BCUT2D eigenvalue weighted by atomic mass is 16.6. The van der Waals surface area contributed by atoms with Crippen molar-refractivity contribution in [1.82, 2.24) is 39.8 Å². The van der Waals surface area contributed by atoms with Crippen molar-refractivity contribution in [2.75, 3.05) is 44.6 Å². The summed E-state index contributed by atoms with van der Waals surface area (Å²) in [6.07, 6.45) is 6.40. The van der Waals surface area contributed by atoms with Gasteiger partial charge in [0, 0.05) is 80.4 Å². The number of amides is 2. The van der Waals surface area contributed by atoms with Crippen LogP contribution in [0.4, 0.5) is 16.4 Å². The maximum absolute atomic E-state index is 12.7. The Balaban J connectivity index is 1.13. The normalized spacial score (nSPS) is 14.2. The number of rotatable bonds is 9. The SMILES string of the molecule is CCCn1cc(-c2nc(Nc3ccc(C(=O)NCCN4CCN(C(=O)OC(C)(C)C)CC4)cc3)nc3[nH]ccc23)cn1. The van der Waals surface area contributed by atoms with Crippen molar-refractivity contribution >= 4 is 34.7 Å². The monoisotopic (exact) mass is 573 g/mol. The summed E-state index contributed by atoms with van der Waals surface area (Å²) in [4.78, 5) is 41.5. The smallest absolute Gasteiger partial charge is 0.410 e. The number of piperazine rings is 1. The molecule has 12 nitrogen and oxygen atoms in total. The topological polar surface area (TPSA) is 133 Å². The fraction of sp³-hybridized carbons (Fsp3) is 0.433. The van der Waals surface area contributed by atoms with Crippen molar-refractivity contribution < 1.29 is 14.3 Å². The lowest BCUT2D eigenvalue weighted by molar-refractivity contribution is 0.0147. The Morgan fingerprint density at radius 1 is 1.02 bits per heavy atom. The summed E-state index contributed by atoms with van der Waals surface area (Å²) in [6, 6.07) is 9.20. The van der Waals surface area contributed by atoms with Crippen molar-refractivity contribution in [3.8, 4) is 11.3 Å². The number of ether oxygens (including phenoxy) is 1. The third-order valence-electron chi connectivity index (χ3n) is 6.92. The van der Waals surface area contributed by atoms with Crippen LogP contribution in [0.1, 0.15) is 44.5 Å². The largest absolute Gasteiger partial charge is 0.444 e. The number of fused-ring (bicyclic) bond motifs is 1. The van der Waals surface area contributed by atoms with E-state index in [-0.39, 0.29) is 12.0 Å². The molecule has 1 aromatic carbocycles. The average Bonchev–Trinajstić information content (AvgIpc) is 3.62. The number of hydrogen-bond acceptors (Lipinski definition) is 8. The molecule has 1 saturated heterocycles. The highest BCUT2D eigenvalue weighted by Crippen LogP contribution is 2.27. The molecule has 222 valence electrons. The third kappa shape index (κ3) is 7.24. The minimum Gasteiger partial charge on any atom is -0.444 e. The van der Waals surface area contributed by atoms with Crippen LogP contribution in [0.5, 0.6) is 0 Å². The zero-order valence-electron chi connectivity index (χ0n) is 24.7. The predicted molar refractivity (Wildman–Crippen MR) is 162 cm³/mol. The molecule has 0 spiro atoms. The molecule has 0 bridgehead atoms. The second-order valence-electron chi connectivity index (χ2n) is 11.4. The molecule has 2 amide bonds. The highest BCUT2D eigenvalue weighted by Gasteiger charge is 2.25. The summed E-state index contributed by atoms with van der Waals surface area (Å²) in [5.74, 6) is 0.316. The van der Waals surface area contributed by atoms with E-state index in [0.29, 0.717) is 37.7 Å². The van der Waals surface area contributed by atoms with E-state index < -0.39 is 5.60 Å². The first-order valence-corrected chi connectivity index (χ1v) is 14.4. The van der Waals surface area contributed by atoms with Crippen LogP contribution >= 0.6 is 0 Å². The summed E-state index contributed by atoms with van der Waals surface area (Å²) in [5.41, 5.74) is 3.30. The van der Waals surface area contributed by atoms with Crippen LogP contribution in [0.15, 0.2) is 48.9 Å². The summed E-state index contributed by atoms with van der Waals surface area (Å²) < 4.78 is 7.37. The fourth-order valence-electron chi connectivity index (χ4n) is 4.80. The second-order valence-corrected chi connectivity index (χ2v) is 11.4. The van der Waals surface area contributed by atoms with E-state index in [1.807, 2.05) is 62.2 Å². The van der Waals surface area contributed by atoms with Gasteiger partial charge in [0.2, 0.25) is 5.95 Å². The number of aryl methyl sites for hydroxylation is 1. The van der Waals surface area contributed by atoms with Gasteiger partial charge in [-0.25, -0.2) is 9.78 Å². The highest BCUT2D eigenvalue weighted by molar-refractivity contribution is 5.94. The maximum Gasteiger partial charge on any atom is 0.410 e. The standard InChI is InChI=1S/C30H39N9O3/c1-5-13-39-20-22(19-33-39)25-24-10-11-31-26(24)36-28(35-25)34-23-8-6-21(7-9-23)27(40)32-12-14-37-15-17-38(18-16-37)29(41)42-30(2,3)4/h6-11,19-20H,5,12-18H2,1-4H3,(H,32,40)(H2,31,34,35,36). The molecule has 0 atom stereocenters. The fourth-order valence-corrected chi connectivity index (χ4v) is 4.80. The first-order chi connectivity index (χ1) is 20.2.